The highest BCUT2D eigenvalue weighted by atomic mass is 35.5. The normalized spacial score (nSPS) is 16.0. The molecule has 0 atom stereocenters. The quantitative estimate of drug-likeness (QED) is 0.717. The number of rotatable bonds is 4. The van der Waals surface area contributed by atoms with Crippen LogP contribution in [0.4, 0.5) is 0 Å². The lowest BCUT2D eigenvalue weighted by Gasteiger charge is -2.32. The lowest BCUT2D eigenvalue weighted by Crippen LogP contribution is -2.46. The highest BCUT2D eigenvalue weighted by Crippen LogP contribution is 2.26. The number of H-pyrrole nitrogens is 1. The molecule has 1 aliphatic rings. The van der Waals surface area contributed by atoms with Gasteiger partial charge in [0.15, 0.2) is 0 Å². The average Bonchev–Trinajstić information content (AvgIpc) is 3.14. The molecule has 1 fully saturated rings. The molecule has 1 saturated heterocycles. The summed E-state index contributed by atoms with van der Waals surface area (Å²) in [5.74, 6) is 0.525. The number of piperidine rings is 1. The Hall–Kier alpha value is -2.30. The molecule has 2 N–H and O–H groups in total. The maximum atomic E-state index is 12.6. The van der Waals surface area contributed by atoms with E-state index >= 15 is 0 Å². The van der Waals surface area contributed by atoms with E-state index in [4.69, 9.17) is 11.6 Å². The van der Waals surface area contributed by atoms with E-state index in [0.717, 1.165) is 43.3 Å². The van der Waals surface area contributed by atoms with Gasteiger partial charge in [-0.25, -0.2) is 5.01 Å². The summed E-state index contributed by atoms with van der Waals surface area (Å²) >= 11 is 6.40. The van der Waals surface area contributed by atoms with E-state index in [2.05, 4.69) is 40.7 Å². The molecular weight excluding hydrogens is 346 g/mol. The zero-order valence-electron chi connectivity index (χ0n) is 14.5. The third-order valence-corrected chi connectivity index (χ3v) is 5.54. The van der Waals surface area contributed by atoms with Crippen molar-refractivity contribution in [1.82, 2.24) is 15.4 Å². The second kappa shape index (κ2) is 7.52. The Labute approximate surface area is 158 Å². The van der Waals surface area contributed by atoms with Gasteiger partial charge in [0, 0.05) is 24.7 Å². The molecule has 2 aromatic carbocycles. The average molecular weight is 368 g/mol. The third kappa shape index (κ3) is 3.62. The fourth-order valence-corrected chi connectivity index (χ4v) is 3.98. The first-order valence-corrected chi connectivity index (χ1v) is 9.44. The molecule has 26 heavy (non-hydrogen) atoms. The molecule has 4 nitrogen and oxygen atoms in total. The van der Waals surface area contributed by atoms with Crippen LogP contribution in [0.25, 0.3) is 10.9 Å². The largest absolute Gasteiger partial charge is 0.360 e. The number of aromatic nitrogens is 1. The highest BCUT2D eigenvalue weighted by Gasteiger charge is 2.22. The number of hydrogen-bond donors (Lipinski definition) is 2. The summed E-state index contributed by atoms with van der Waals surface area (Å²) < 4.78 is 0. The molecule has 1 aliphatic heterocycles. The van der Waals surface area contributed by atoms with Crippen LogP contribution in [0.2, 0.25) is 5.02 Å². The maximum absolute atomic E-state index is 12.6. The number of amides is 1. The first-order chi connectivity index (χ1) is 12.7. The van der Waals surface area contributed by atoms with Crippen LogP contribution in [0, 0.1) is 5.92 Å². The van der Waals surface area contributed by atoms with Crippen LogP contribution < -0.4 is 5.43 Å². The van der Waals surface area contributed by atoms with Crippen LogP contribution in [0.5, 0.6) is 0 Å². The summed E-state index contributed by atoms with van der Waals surface area (Å²) in [6.45, 7) is 1.73. The van der Waals surface area contributed by atoms with Crippen molar-refractivity contribution >= 4 is 28.4 Å². The summed E-state index contributed by atoms with van der Waals surface area (Å²) in [5.41, 5.74) is 5.72. The number of benzene rings is 2. The van der Waals surface area contributed by atoms with Crippen molar-refractivity contribution in [2.75, 3.05) is 13.1 Å². The predicted molar refractivity (Wildman–Crippen MR) is 105 cm³/mol. The fourth-order valence-electron chi connectivity index (χ4n) is 3.67. The van der Waals surface area contributed by atoms with Gasteiger partial charge in [0.1, 0.15) is 0 Å². The molecule has 1 aromatic heterocycles. The molecule has 0 bridgehead atoms. The number of carbonyl (C=O) groups is 1. The number of nitrogens with one attached hydrogen (secondary N) is 2. The number of carbonyl (C=O) groups excluding carboxylic acids is 1. The van der Waals surface area contributed by atoms with Crippen LogP contribution in [-0.4, -0.2) is 29.0 Å². The lowest BCUT2D eigenvalue weighted by atomic mass is 9.91. The van der Waals surface area contributed by atoms with E-state index in [1.165, 1.54) is 5.56 Å². The first kappa shape index (κ1) is 17.1. The Morgan fingerprint density at radius 2 is 1.88 bits per heavy atom. The van der Waals surface area contributed by atoms with Crippen LogP contribution in [0.15, 0.2) is 54.7 Å². The minimum atomic E-state index is -0.145. The van der Waals surface area contributed by atoms with Gasteiger partial charge in [-0.2, -0.15) is 0 Å². The van der Waals surface area contributed by atoms with Gasteiger partial charge in [0.2, 0.25) is 0 Å². The molecular formula is C21H22ClN3O. The maximum Gasteiger partial charge on any atom is 0.267 e. The van der Waals surface area contributed by atoms with Crippen LogP contribution >= 0.6 is 11.6 Å². The van der Waals surface area contributed by atoms with Crippen molar-refractivity contribution in [3.63, 3.8) is 0 Å². The van der Waals surface area contributed by atoms with Crippen molar-refractivity contribution in [1.29, 1.82) is 0 Å². The van der Waals surface area contributed by atoms with Crippen molar-refractivity contribution in [3.05, 3.63) is 70.9 Å². The molecule has 3 aromatic rings. The Morgan fingerprint density at radius 1 is 1.12 bits per heavy atom. The molecule has 2 heterocycles. The lowest BCUT2D eigenvalue weighted by molar-refractivity contribution is 0.0702. The molecule has 0 radical (unpaired) electrons. The van der Waals surface area contributed by atoms with Crippen molar-refractivity contribution < 1.29 is 4.79 Å². The molecule has 0 saturated carbocycles. The smallest absolute Gasteiger partial charge is 0.267 e. The number of hydrogen-bond acceptors (Lipinski definition) is 2. The summed E-state index contributed by atoms with van der Waals surface area (Å²) in [6.07, 6.45) is 5.10. The van der Waals surface area contributed by atoms with Crippen molar-refractivity contribution in [3.8, 4) is 0 Å². The van der Waals surface area contributed by atoms with Gasteiger partial charge in [0.05, 0.1) is 16.1 Å². The van der Waals surface area contributed by atoms with Gasteiger partial charge in [-0.1, -0.05) is 48.0 Å². The van der Waals surface area contributed by atoms with Gasteiger partial charge < -0.3 is 4.98 Å². The van der Waals surface area contributed by atoms with Crippen LogP contribution in [0.3, 0.4) is 0 Å². The highest BCUT2D eigenvalue weighted by molar-refractivity contribution is 6.38. The molecule has 1 amide bonds. The van der Waals surface area contributed by atoms with Gasteiger partial charge in [-0.15, -0.1) is 0 Å². The molecule has 4 rings (SSSR count). The van der Waals surface area contributed by atoms with Gasteiger partial charge in [-0.05, 0) is 42.9 Å². The van der Waals surface area contributed by atoms with Crippen molar-refractivity contribution in [2.45, 2.75) is 19.3 Å². The summed E-state index contributed by atoms with van der Waals surface area (Å²) in [4.78, 5) is 15.7. The monoisotopic (exact) mass is 367 g/mol. The minimum absolute atomic E-state index is 0.145. The Balaban J connectivity index is 1.35. The second-order valence-corrected chi connectivity index (χ2v) is 7.31. The predicted octanol–water partition coefficient (Wildman–Crippen LogP) is 4.42. The van der Waals surface area contributed by atoms with Crippen molar-refractivity contribution in [2.24, 2.45) is 5.92 Å². The van der Waals surface area contributed by atoms with E-state index < -0.39 is 0 Å². The van der Waals surface area contributed by atoms with E-state index in [1.807, 2.05) is 23.3 Å². The zero-order chi connectivity index (χ0) is 17.9. The molecule has 5 heteroatoms. The Kier molecular flexibility index (Phi) is 4.96. The van der Waals surface area contributed by atoms with Gasteiger partial charge >= 0.3 is 0 Å². The van der Waals surface area contributed by atoms with E-state index in [9.17, 15) is 4.79 Å². The third-order valence-electron chi connectivity index (χ3n) is 5.15. The van der Waals surface area contributed by atoms with Gasteiger partial charge in [0.25, 0.3) is 5.91 Å². The number of nitrogens with zero attached hydrogens (tertiary/aromatic N) is 1. The molecule has 0 spiro atoms. The molecule has 0 aliphatic carbocycles. The van der Waals surface area contributed by atoms with E-state index in [0.29, 0.717) is 16.5 Å². The topological polar surface area (TPSA) is 48.1 Å². The Bertz CT molecular complexity index is 898. The summed E-state index contributed by atoms with van der Waals surface area (Å²) in [5, 5.41) is 3.50. The van der Waals surface area contributed by atoms with Crippen LogP contribution in [0.1, 0.15) is 28.8 Å². The fraction of sp³-hybridized carbons (Fsp3) is 0.286. The van der Waals surface area contributed by atoms with Crippen LogP contribution in [-0.2, 0) is 6.42 Å². The van der Waals surface area contributed by atoms with Gasteiger partial charge in [-0.3, -0.25) is 10.2 Å². The Morgan fingerprint density at radius 3 is 2.65 bits per heavy atom. The number of fused-ring (bicyclic) bond motifs is 1. The van der Waals surface area contributed by atoms with E-state index in [-0.39, 0.29) is 5.91 Å². The zero-order valence-corrected chi connectivity index (χ0v) is 15.3. The molecule has 0 unspecified atom stereocenters. The summed E-state index contributed by atoms with van der Waals surface area (Å²) in [7, 11) is 0. The number of aromatic amines is 1. The summed E-state index contributed by atoms with van der Waals surface area (Å²) in [6, 6.07) is 16.3. The number of halogens is 1. The SMILES string of the molecule is O=C(NN1CCC(Cc2ccccc2)CC1)c1ccc2cc[nH]c2c1Cl. The first-order valence-electron chi connectivity index (χ1n) is 9.06. The standard InChI is InChI=1S/C21H22ClN3O/c22-19-18(7-6-17-8-11-23-20(17)19)21(26)24-25-12-9-16(10-13-25)14-15-4-2-1-3-5-15/h1-8,11,16,23H,9-10,12-14H2,(H,24,26). The second-order valence-electron chi connectivity index (χ2n) is 6.93. The number of hydrazine groups is 1. The minimum Gasteiger partial charge on any atom is -0.360 e. The molecule has 134 valence electrons. The van der Waals surface area contributed by atoms with E-state index in [1.54, 1.807) is 6.07 Å².